The van der Waals surface area contributed by atoms with Gasteiger partial charge in [0.1, 0.15) is 6.10 Å². The second-order valence-electron chi connectivity index (χ2n) is 11.0. The summed E-state index contributed by atoms with van der Waals surface area (Å²) in [6.45, 7) is 6.70. The molecule has 0 saturated carbocycles. The smallest absolute Gasteiger partial charge is 0.417 e. The average Bonchev–Trinajstić information content (AvgIpc) is 3.06. The van der Waals surface area contributed by atoms with E-state index in [9.17, 15) is 31.1 Å². The molecule has 2 atom stereocenters. The molecule has 1 N–H and O–H groups in total. The van der Waals surface area contributed by atoms with Crippen LogP contribution in [0.15, 0.2) is 36.4 Å². The number of halogens is 6. The second kappa shape index (κ2) is 8.92. The number of piperidine rings is 3. The van der Waals surface area contributed by atoms with E-state index in [0.717, 1.165) is 38.5 Å². The summed E-state index contributed by atoms with van der Waals surface area (Å²) in [5.74, 6) is 0.426. The van der Waals surface area contributed by atoms with Gasteiger partial charge in [0.25, 0.3) is 0 Å². The van der Waals surface area contributed by atoms with Crippen LogP contribution in [-0.2, 0) is 23.5 Å². The summed E-state index contributed by atoms with van der Waals surface area (Å²) < 4.78 is 86.3. The summed E-state index contributed by atoms with van der Waals surface area (Å²) in [6.07, 6.45) is -8.46. The quantitative estimate of drug-likeness (QED) is 0.446. The first-order valence-corrected chi connectivity index (χ1v) is 12.3. The molecule has 37 heavy (non-hydrogen) atoms. The maximum Gasteiger partial charge on any atom is 0.417 e. The van der Waals surface area contributed by atoms with Gasteiger partial charge in [0.05, 0.1) is 11.1 Å². The number of nitrogens with zero attached hydrogens (tertiary/aromatic N) is 1. The van der Waals surface area contributed by atoms with Gasteiger partial charge in [0.15, 0.2) is 0 Å². The van der Waals surface area contributed by atoms with Crippen LogP contribution in [-0.4, -0.2) is 36.7 Å². The SMILES string of the molecule is CC1(C)Cc2cc(-c3ccc(C(F)(F)F)cc3C(F)(F)F)ccc2C1OC(=O)N[C@@H]1CN2CCC1CC2. The Morgan fingerprint density at radius 1 is 1.00 bits per heavy atom. The fraction of sp³-hybridized carbons (Fsp3) is 0.519. The van der Waals surface area contributed by atoms with E-state index in [1.165, 1.54) is 6.07 Å². The number of alkyl carbamates (subject to hydrolysis) is 1. The zero-order valence-electron chi connectivity index (χ0n) is 20.5. The van der Waals surface area contributed by atoms with E-state index in [0.29, 0.717) is 29.5 Å². The highest BCUT2D eigenvalue weighted by molar-refractivity contribution is 5.71. The molecule has 3 saturated heterocycles. The molecule has 3 heterocycles. The highest BCUT2D eigenvalue weighted by atomic mass is 19.4. The third kappa shape index (κ3) is 5.04. The van der Waals surface area contributed by atoms with E-state index < -0.39 is 41.1 Å². The number of nitrogens with one attached hydrogen (secondary N) is 1. The maximum atomic E-state index is 13.7. The van der Waals surface area contributed by atoms with Crippen LogP contribution in [0.3, 0.4) is 0 Å². The maximum absolute atomic E-state index is 13.7. The van der Waals surface area contributed by atoms with Crippen LogP contribution < -0.4 is 5.32 Å². The van der Waals surface area contributed by atoms with E-state index in [-0.39, 0.29) is 23.2 Å². The van der Waals surface area contributed by atoms with Gasteiger partial charge in [0, 0.05) is 18.0 Å². The van der Waals surface area contributed by atoms with E-state index >= 15 is 0 Å². The second-order valence-corrected chi connectivity index (χ2v) is 11.0. The van der Waals surface area contributed by atoms with Crippen LogP contribution in [0.5, 0.6) is 0 Å². The fourth-order valence-electron chi connectivity index (χ4n) is 6.04. The van der Waals surface area contributed by atoms with Crippen molar-refractivity contribution in [2.24, 2.45) is 11.3 Å². The fourth-order valence-corrected chi connectivity index (χ4v) is 6.04. The lowest BCUT2D eigenvalue weighted by Gasteiger charge is -2.44. The first-order chi connectivity index (χ1) is 17.2. The Morgan fingerprint density at radius 2 is 1.70 bits per heavy atom. The molecule has 2 aromatic rings. The normalized spacial score (nSPS) is 26.6. The number of rotatable bonds is 3. The van der Waals surface area contributed by atoms with E-state index in [2.05, 4.69) is 10.2 Å². The topological polar surface area (TPSA) is 41.6 Å². The highest BCUT2D eigenvalue weighted by Crippen LogP contribution is 2.49. The highest BCUT2D eigenvalue weighted by Gasteiger charge is 2.44. The van der Waals surface area contributed by atoms with Crippen molar-refractivity contribution in [3.05, 3.63) is 58.7 Å². The summed E-state index contributed by atoms with van der Waals surface area (Å²) in [4.78, 5) is 15.1. The first kappa shape index (κ1) is 25.9. The molecule has 0 radical (unpaired) electrons. The van der Waals surface area contributed by atoms with Crippen LogP contribution in [0, 0.1) is 11.3 Å². The number of alkyl halides is 6. The molecular formula is C27H28F6N2O2. The van der Waals surface area contributed by atoms with Crippen LogP contribution in [0.4, 0.5) is 31.1 Å². The molecule has 1 unspecified atom stereocenters. The Bertz CT molecular complexity index is 1200. The van der Waals surface area contributed by atoms with Gasteiger partial charge < -0.3 is 15.0 Å². The number of carbonyl (C=O) groups is 1. The minimum Gasteiger partial charge on any atom is -0.441 e. The molecule has 4 nitrogen and oxygen atoms in total. The Morgan fingerprint density at radius 3 is 2.30 bits per heavy atom. The first-order valence-electron chi connectivity index (χ1n) is 12.3. The monoisotopic (exact) mass is 526 g/mol. The number of benzene rings is 2. The van der Waals surface area contributed by atoms with Crippen LogP contribution in [0.2, 0.25) is 0 Å². The average molecular weight is 527 g/mol. The molecule has 3 aliphatic heterocycles. The van der Waals surface area contributed by atoms with E-state index in [4.69, 9.17) is 4.74 Å². The van der Waals surface area contributed by atoms with Crippen LogP contribution in [0.1, 0.15) is 55.0 Å². The van der Waals surface area contributed by atoms with Crippen molar-refractivity contribution in [3.63, 3.8) is 0 Å². The van der Waals surface area contributed by atoms with E-state index in [1.54, 1.807) is 12.1 Å². The Kier molecular flexibility index (Phi) is 6.24. The van der Waals surface area contributed by atoms with Gasteiger partial charge in [-0.3, -0.25) is 0 Å². The number of amides is 1. The molecular weight excluding hydrogens is 498 g/mol. The Labute approximate surface area is 211 Å². The molecule has 0 spiro atoms. The molecule has 200 valence electrons. The molecule has 1 amide bonds. The number of carbonyl (C=O) groups excluding carboxylic acids is 1. The van der Waals surface area contributed by atoms with Gasteiger partial charge in [-0.25, -0.2) is 4.79 Å². The van der Waals surface area contributed by atoms with Crippen molar-refractivity contribution in [3.8, 4) is 11.1 Å². The van der Waals surface area contributed by atoms with Crippen molar-refractivity contribution in [2.75, 3.05) is 19.6 Å². The Balaban J connectivity index is 1.40. The third-order valence-corrected chi connectivity index (χ3v) is 7.93. The summed E-state index contributed by atoms with van der Waals surface area (Å²) >= 11 is 0. The molecule has 6 rings (SSSR count). The lowest BCUT2D eigenvalue weighted by Crippen LogP contribution is -2.57. The lowest BCUT2D eigenvalue weighted by atomic mass is 9.84. The number of fused-ring (bicyclic) bond motifs is 4. The summed E-state index contributed by atoms with van der Waals surface area (Å²) in [6, 6.07) is 6.32. The third-order valence-electron chi connectivity index (χ3n) is 7.93. The van der Waals surface area contributed by atoms with Gasteiger partial charge in [-0.05, 0) is 72.7 Å². The zero-order valence-corrected chi connectivity index (χ0v) is 20.5. The molecule has 3 fully saturated rings. The molecule has 2 aromatic carbocycles. The standard InChI is InChI=1S/C27H28F6N2O2/c1-25(2)13-17-11-16(19-6-4-18(26(28,29)30)12-21(19)27(31,32)33)3-5-20(17)23(25)37-24(36)34-22-14-35-9-7-15(22)8-10-35/h3-6,11-12,15,22-23H,7-10,13-14H2,1-2H3,(H,34,36)/t22-,23?/m1/s1. The summed E-state index contributed by atoms with van der Waals surface area (Å²) in [5.41, 5.74) is -1.98. The van der Waals surface area contributed by atoms with Gasteiger partial charge in [-0.15, -0.1) is 0 Å². The minimum atomic E-state index is -4.96. The van der Waals surface area contributed by atoms with Gasteiger partial charge in [-0.2, -0.15) is 26.3 Å². The number of hydrogen-bond donors (Lipinski definition) is 1. The van der Waals surface area contributed by atoms with Crippen molar-refractivity contribution in [1.82, 2.24) is 10.2 Å². The largest absolute Gasteiger partial charge is 0.441 e. The van der Waals surface area contributed by atoms with E-state index in [1.807, 2.05) is 13.8 Å². The minimum absolute atomic E-state index is 0.0295. The summed E-state index contributed by atoms with van der Waals surface area (Å²) in [5, 5.41) is 3.00. The van der Waals surface area contributed by atoms with Gasteiger partial charge in [-0.1, -0.05) is 38.1 Å². The predicted molar refractivity (Wildman–Crippen MR) is 125 cm³/mol. The van der Waals surface area contributed by atoms with Crippen molar-refractivity contribution in [2.45, 2.75) is 57.6 Å². The molecule has 0 aromatic heterocycles. The van der Waals surface area contributed by atoms with Gasteiger partial charge in [0.2, 0.25) is 0 Å². The summed E-state index contributed by atoms with van der Waals surface area (Å²) in [7, 11) is 0. The molecule has 10 heteroatoms. The van der Waals surface area contributed by atoms with Crippen LogP contribution >= 0.6 is 0 Å². The molecule has 1 aliphatic carbocycles. The zero-order chi connectivity index (χ0) is 26.8. The molecule has 2 bridgehead atoms. The van der Waals surface area contributed by atoms with Crippen molar-refractivity contribution >= 4 is 6.09 Å². The number of hydrogen-bond acceptors (Lipinski definition) is 3. The van der Waals surface area contributed by atoms with Gasteiger partial charge >= 0.3 is 18.4 Å². The predicted octanol–water partition coefficient (Wildman–Crippen LogP) is 6.84. The lowest BCUT2D eigenvalue weighted by molar-refractivity contribution is -0.142. The Hall–Kier alpha value is -2.75. The molecule has 4 aliphatic rings. The number of ether oxygens (including phenoxy) is 1. The van der Waals surface area contributed by atoms with Crippen molar-refractivity contribution < 1.29 is 35.9 Å². The van der Waals surface area contributed by atoms with Crippen molar-refractivity contribution in [1.29, 1.82) is 0 Å². The van der Waals surface area contributed by atoms with Crippen LogP contribution in [0.25, 0.3) is 11.1 Å².